The lowest BCUT2D eigenvalue weighted by Gasteiger charge is -2.03. The van der Waals surface area contributed by atoms with Crippen LogP contribution in [0.15, 0.2) is 52.0 Å². The molecule has 0 spiro atoms. The molecule has 1 N–H and O–H groups in total. The van der Waals surface area contributed by atoms with Crippen LogP contribution in [-0.4, -0.2) is 17.9 Å². The van der Waals surface area contributed by atoms with Crippen molar-refractivity contribution >= 4 is 63.0 Å². The number of amides is 1. The van der Waals surface area contributed by atoms with Crippen molar-refractivity contribution in [2.45, 2.75) is 5.75 Å². The lowest BCUT2D eigenvalue weighted by molar-refractivity contribution is -0.118. The molecule has 1 amide bonds. The van der Waals surface area contributed by atoms with Gasteiger partial charge in [-0.05, 0) is 29.3 Å². The van der Waals surface area contributed by atoms with Gasteiger partial charge in [-0.1, -0.05) is 63.4 Å². The average Bonchev–Trinajstić information content (AvgIpc) is 2.53. The van der Waals surface area contributed by atoms with E-state index in [1.165, 1.54) is 18.0 Å². The second-order valence-corrected chi connectivity index (χ2v) is 7.21. The number of hydrazone groups is 1. The number of rotatable bonds is 6. The second kappa shape index (κ2) is 9.33. The van der Waals surface area contributed by atoms with E-state index in [1.807, 2.05) is 24.3 Å². The number of nitrogens with zero attached hydrogens (tertiary/aromatic N) is 1. The van der Waals surface area contributed by atoms with E-state index in [1.54, 1.807) is 18.2 Å². The maximum atomic E-state index is 11.7. The van der Waals surface area contributed by atoms with Gasteiger partial charge in [0.15, 0.2) is 0 Å². The molecular weight excluding hydrogens is 419 g/mol. The summed E-state index contributed by atoms with van der Waals surface area (Å²) in [7, 11) is 0. The zero-order valence-corrected chi connectivity index (χ0v) is 15.8. The molecule has 0 saturated carbocycles. The minimum Gasteiger partial charge on any atom is -0.272 e. The summed E-state index contributed by atoms with van der Waals surface area (Å²) in [6.45, 7) is 0. The predicted molar refractivity (Wildman–Crippen MR) is 103 cm³/mol. The third-order valence-electron chi connectivity index (χ3n) is 2.80. The van der Waals surface area contributed by atoms with Gasteiger partial charge in [-0.3, -0.25) is 4.79 Å². The first-order chi connectivity index (χ1) is 11.1. The highest BCUT2D eigenvalue weighted by atomic mass is 79.9. The number of carbonyl (C=O) groups is 1. The molecular formula is C16H13BrCl2N2OS. The maximum Gasteiger partial charge on any atom is 0.250 e. The Morgan fingerprint density at radius 2 is 2.00 bits per heavy atom. The Morgan fingerprint density at radius 1 is 1.22 bits per heavy atom. The zero-order valence-electron chi connectivity index (χ0n) is 11.9. The molecule has 3 nitrogen and oxygen atoms in total. The third-order valence-corrected chi connectivity index (χ3v) is 5.29. The highest BCUT2D eigenvalue weighted by Crippen LogP contribution is 2.22. The zero-order chi connectivity index (χ0) is 16.7. The third kappa shape index (κ3) is 6.18. The van der Waals surface area contributed by atoms with Gasteiger partial charge < -0.3 is 0 Å². The topological polar surface area (TPSA) is 41.5 Å². The second-order valence-electron chi connectivity index (χ2n) is 4.55. The molecule has 0 unspecified atom stereocenters. The summed E-state index contributed by atoms with van der Waals surface area (Å²) in [5.74, 6) is 0.934. The highest BCUT2D eigenvalue weighted by Gasteiger charge is 2.03. The van der Waals surface area contributed by atoms with Gasteiger partial charge in [0.1, 0.15) is 0 Å². The van der Waals surface area contributed by atoms with Gasteiger partial charge in [-0.15, -0.1) is 11.8 Å². The van der Waals surface area contributed by atoms with Gasteiger partial charge >= 0.3 is 0 Å². The van der Waals surface area contributed by atoms with Crippen molar-refractivity contribution in [1.82, 2.24) is 5.43 Å². The first-order valence-corrected chi connectivity index (χ1v) is 9.35. The normalized spacial score (nSPS) is 10.9. The molecule has 0 atom stereocenters. The first-order valence-electron chi connectivity index (χ1n) is 6.64. The molecule has 0 fully saturated rings. The van der Waals surface area contributed by atoms with Gasteiger partial charge in [0.05, 0.1) is 22.0 Å². The van der Waals surface area contributed by atoms with Crippen LogP contribution in [0.2, 0.25) is 10.0 Å². The van der Waals surface area contributed by atoms with Crippen molar-refractivity contribution < 1.29 is 4.79 Å². The predicted octanol–water partition coefficient (Wildman–Crippen LogP) is 5.14. The molecule has 0 radical (unpaired) electrons. The fraction of sp³-hybridized carbons (Fsp3) is 0.125. The summed E-state index contributed by atoms with van der Waals surface area (Å²) >= 11 is 16.7. The quantitative estimate of drug-likeness (QED) is 0.508. The minimum absolute atomic E-state index is 0.154. The van der Waals surface area contributed by atoms with Gasteiger partial charge in [-0.2, -0.15) is 5.10 Å². The van der Waals surface area contributed by atoms with Crippen LogP contribution in [0.3, 0.4) is 0 Å². The van der Waals surface area contributed by atoms with Gasteiger partial charge in [0.25, 0.3) is 0 Å². The molecule has 7 heteroatoms. The van der Waals surface area contributed by atoms with E-state index >= 15 is 0 Å². The van der Waals surface area contributed by atoms with E-state index < -0.39 is 0 Å². The Bertz CT molecular complexity index is 725. The molecule has 120 valence electrons. The van der Waals surface area contributed by atoms with E-state index in [4.69, 9.17) is 23.2 Å². The SMILES string of the molecule is O=C(CSCc1ccccc1Br)N/N=C\c1ccc(Cl)c(Cl)c1. The summed E-state index contributed by atoms with van der Waals surface area (Å²) in [5, 5.41) is 4.84. The van der Waals surface area contributed by atoms with Crippen molar-refractivity contribution in [3.05, 3.63) is 68.1 Å². The van der Waals surface area contributed by atoms with Crippen LogP contribution in [-0.2, 0) is 10.5 Å². The lowest BCUT2D eigenvalue weighted by atomic mass is 10.2. The van der Waals surface area contributed by atoms with Crippen molar-refractivity contribution in [2.75, 3.05) is 5.75 Å². The molecule has 0 aliphatic rings. The average molecular weight is 432 g/mol. The number of benzene rings is 2. The monoisotopic (exact) mass is 430 g/mol. The minimum atomic E-state index is -0.154. The van der Waals surface area contributed by atoms with Crippen molar-refractivity contribution in [3.8, 4) is 0 Å². The molecule has 23 heavy (non-hydrogen) atoms. The van der Waals surface area contributed by atoms with Crippen LogP contribution in [0.5, 0.6) is 0 Å². The molecule has 0 heterocycles. The highest BCUT2D eigenvalue weighted by molar-refractivity contribution is 9.10. The number of hydrogen-bond donors (Lipinski definition) is 1. The maximum absolute atomic E-state index is 11.7. The Hall–Kier alpha value is -1.01. The molecule has 2 rings (SSSR count). The van der Waals surface area contributed by atoms with Crippen LogP contribution in [0.4, 0.5) is 0 Å². The van der Waals surface area contributed by atoms with Crippen molar-refractivity contribution in [2.24, 2.45) is 5.10 Å². The number of halogens is 3. The fourth-order valence-electron chi connectivity index (χ4n) is 1.67. The molecule has 2 aromatic rings. The fourth-order valence-corrected chi connectivity index (χ4v) is 3.41. The summed E-state index contributed by atoms with van der Waals surface area (Å²) in [5.41, 5.74) is 4.41. The number of thioether (sulfide) groups is 1. The van der Waals surface area contributed by atoms with E-state index in [2.05, 4.69) is 26.5 Å². The van der Waals surface area contributed by atoms with E-state index in [0.717, 1.165) is 21.4 Å². The molecule has 0 aliphatic carbocycles. The van der Waals surface area contributed by atoms with Crippen LogP contribution in [0, 0.1) is 0 Å². The van der Waals surface area contributed by atoms with E-state index in [-0.39, 0.29) is 5.91 Å². The van der Waals surface area contributed by atoms with Crippen LogP contribution in [0.25, 0.3) is 0 Å². The van der Waals surface area contributed by atoms with Crippen LogP contribution >= 0.6 is 50.9 Å². The summed E-state index contributed by atoms with van der Waals surface area (Å²) in [6.07, 6.45) is 1.53. The van der Waals surface area contributed by atoms with E-state index in [9.17, 15) is 4.79 Å². The molecule has 0 aromatic heterocycles. The van der Waals surface area contributed by atoms with Crippen LogP contribution < -0.4 is 5.43 Å². The smallest absolute Gasteiger partial charge is 0.250 e. The summed E-state index contributed by atoms with van der Waals surface area (Å²) < 4.78 is 1.05. The molecule has 0 saturated heterocycles. The van der Waals surface area contributed by atoms with Gasteiger partial charge in [0, 0.05) is 10.2 Å². The number of nitrogens with one attached hydrogen (secondary N) is 1. The lowest BCUT2D eigenvalue weighted by Crippen LogP contribution is -2.19. The summed E-state index contributed by atoms with van der Waals surface area (Å²) in [6, 6.07) is 13.1. The van der Waals surface area contributed by atoms with Gasteiger partial charge in [0.2, 0.25) is 5.91 Å². The molecule has 0 aliphatic heterocycles. The number of hydrogen-bond acceptors (Lipinski definition) is 3. The molecule has 2 aromatic carbocycles. The number of carbonyl (C=O) groups excluding carboxylic acids is 1. The summed E-state index contributed by atoms with van der Waals surface area (Å²) in [4.78, 5) is 11.7. The van der Waals surface area contributed by atoms with Crippen LogP contribution in [0.1, 0.15) is 11.1 Å². The Balaban J connectivity index is 1.75. The standard InChI is InChI=1S/C16H13BrCl2N2OS/c17-13-4-2-1-3-12(13)9-23-10-16(22)21-20-8-11-5-6-14(18)15(19)7-11/h1-8H,9-10H2,(H,21,22)/b20-8-. The Kier molecular flexibility index (Phi) is 7.43. The van der Waals surface area contributed by atoms with Gasteiger partial charge in [-0.25, -0.2) is 5.43 Å². The first kappa shape index (κ1) is 18.3. The van der Waals surface area contributed by atoms with E-state index in [0.29, 0.717) is 15.8 Å². The Morgan fingerprint density at radius 3 is 2.74 bits per heavy atom. The Labute approximate surface area is 157 Å². The van der Waals surface area contributed by atoms with Crippen molar-refractivity contribution in [3.63, 3.8) is 0 Å². The largest absolute Gasteiger partial charge is 0.272 e. The molecule has 0 bridgehead atoms. The van der Waals surface area contributed by atoms with Crippen molar-refractivity contribution in [1.29, 1.82) is 0 Å².